The fraction of sp³-hybridized carbons (Fsp3) is 0.562. The van der Waals surface area contributed by atoms with Crippen molar-refractivity contribution in [2.75, 3.05) is 44.8 Å². The number of nitrogens with one attached hydrogen (secondary N) is 2. The summed E-state index contributed by atoms with van der Waals surface area (Å²) in [5.74, 6) is -0.0943. The molecule has 0 amide bonds. The molecule has 1 heterocycles. The predicted octanol–water partition coefficient (Wildman–Crippen LogP) is 2.28. The minimum absolute atomic E-state index is 0.238. The number of guanidine groups is 1. The van der Waals surface area contributed by atoms with Gasteiger partial charge in [0.25, 0.3) is 0 Å². The van der Waals surface area contributed by atoms with Crippen LogP contribution in [0.3, 0.4) is 0 Å². The van der Waals surface area contributed by atoms with Crippen molar-refractivity contribution in [3.8, 4) is 0 Å². The molecular weight excluding hydrogens is 340 g/mol. The molecule has 0 saturated carbocycles. The number of rotatable bonds is 5. The molecule has 5 nitrogen and oxygen atoms in total. The summed E-state index contributed by atoms with van der Waals surface area (Å²) in [7, 11) is 1.46. The van der Waals surface area contributed by atoms with Gasteiger partial charge in [-0.2, -0.15) is 13.2 Å². The third kappa shape index (κ3) is 6.41. The lowest BCUT2D eigenvalue weighted by Crippen LogP contribution is -2.38. The van der Waals surface area contributed by atoms with Crippen LogP contribution < -0.4 is 15.5 Å². The second-order valence-electron chi connectivity index (χ2n) is 5.60. The number of alkyl halides is 3. The van der Waals surface area contributed by atoms with E-state index >= 15 is 0 Å². The molecule has 1 aliphatic heterocycles. The van der Waals surface area contributed by atoms with Gasteiger partial charge in [-0.3, -0.25) is 4.99 Å². The highest BCUT2D eigenvalue weighted by Crippen LogP contribution is 2.21. The van der Waals surface area contributed by atoms with E-state index in [-0.39, 0.29) is 24.9 Å². The van der Waals surface area contributed by atoms with E-state index in [2.05, 4.69) is 15.6 Å². The van der Waals surface area contributed by atoms with Crippen molar-refractivity contribution in [2.24, 2.45) is 4.99 Å². The first-order chi connectivity index (χ1) is 11.9. The average Bonchev–Trinajstić information content (AvgIpc) is 2.57. The molecule has 1 aliphatic rings. The second-order valence-corrected chi connectivity index (χ2v) is 5.60. The number of ether oxygens (including phenoxy) is 1. The number of hydrogen-bond acceptors (Lipinski definition) is 3. The minimum Gasteiger partial charge on any atom is -0.378 e. The summed E-state index contributed by atoms with van der Waals surface area (Å²) in [5, 5.41) is 5.45. The molecule has 2 N–H and O–H groups in total. The van der Waals surface area contributed by atoms with Crippen LogP contribution in [0.2, 0.25) is 0 Å². The predicted molar refractivity (Wildman–Crippen MR) is 88.3 cm³/mol. The summed E-state index contributed by atoms with van der Waals surface area (Å²) in [6.45, 7) is 2.42. The number of halogens is 4. The summed E-state index contributed by atoms with van der Waals surface area (Å²) < 4.78 is 56.0. The van der Waals surface area contributed by atoms with Gasteiger partial charge < -0.3 is 20.3 Å². The summed E-state index contributed by atoms with van der Waals surface area (Å²) in [6.07, 6.45) is -5.17. The van der Waals surface area contributed by atoms with Crippen molar-refractivity contribution in [1.82, 2.24) is 10.6 Å². The topological polar surface area (TPSA) is 48.9 Å². The molecule has 1 saturated heterocycles. The van der Waals surface area contributed by atoms with Crippen LogP contribution in [-0.4, -0.2) is 52.0 Å². The Morgan fingerprint density at radius 1 is 1.24 bits per heavy atom. The molecule has 1 fully saturated rings. The van der Waals surface area contributed by atoms with Crippen molar-refractivity contribution in [3.05, 3.63) is 29.6 Å². The number of benzene rings is 1. The lowest BCUT2D eigenvalue weighted by atomic mass is 10.1. The lowest BCUT2D eigenvalue weighted by Gasteiger charge is -2.29. The molecule has 0 unspecified atom stereocenters. The van der Waals surface area contributed by atoms with Crippen LogP contribution in [0.4, 0.5) is 23.2 Å². The van der Waals surface area contributed by atoms with Gasteiger partial charge in [0.1, 0.15) is 5.82 Å². The third-order valence-corrected chi connectivity index (χ3v) is 3.75. The summed E-state index contributed by atoms with van der Waals surface area (Å²) >= 11 is 0. The number of anilines is 1. The second kappa shape index (κ2) is 8.89. The van der Waals surface area contributed by atoms with E-state index in [1.165, 1.54) is 13.1 Å². The van der Waals surface area contributed by atoms with Gasteiger partial charge in [-0.05, 0) is 17.7 Å². The van der Waals surface area contributed by atoms with Gasteiger partial charge in [-0.1, -0.05) is 6.07 Å². The van der Waals surface area contributed by atoms with Crippen LogP contribution in [-0.2, 0) is 11.3 Å². The van der Waals surface area contributed by atoms with E-state index < -0.39 is 12.6 Å². The van der Waals surface area contributed by atoms with E-state index in [0.717, 1.165) is 0 Å². The van der Waals surface area contributed by atoms with Crippen molar-refractivity contribution in [3.63, 3.8) is 0 Å². The van der Waals surface area contributed by atoms with Crippen molar-refractivity contribution < 1.29 is 22.3 Å². The summed E-state index contributed by atoms with van der Waals surface area (Å²) in [4.78, 5) is 5.77. The van der Waals surface area contributed by atoms with E-state index in [4.69, 9.17) is 4.74 Å². The zero-order valence-electron chi connectivity index (χ0n) is 14.0. The third-order valence-electron chi connectivity index (χ3n) is 3.75. The molecule has 1 aromatic rings. The van der Waals surface area contributed by atoms with E-state index in [1.54, 1.807) is 12.1 Å². The fourth-order valence-corrected chi connectivity index (χ4v) is 2.45. The Morgan fingerprint density at radius 2 is 1.96 bits per heavy atom. The molecule has 0 radical (unpaired) electrons. The van der Waals surface area contributed by atoms with Gasteiger partial charge in [0.15, 0.2) is 5.96 Å². The van der Waals surface area contributed by atoms with Crippen LogP contribution in [0, 0.1) is 5.82 Å². The van der Waals surface area contributed by atoms with Crippen molar-refractivity contribution >= 4 is 11.6 Å². The molecule has 0 bridgehead atoms. The van der Waals surface area contributed by atoms with Gasteiger partial charge in [0.05, 0.1) is 25.3 Å². The van der Waals surface area contributed by atoms with Crippen molar-refractivity contribution in [1.29, 1.82) is 0 Å². The van der Waals surface area contributed by atoms with E-state index in [1.807, 2.05) is 4.90 Å². The molecule has 1 aromatic carbocycles. The molecule has 0 atom stereocenters. The average molecular weight is 362 g/mol. The first kappa shape index (κ1) is 19.3. The zero-order valence-corrected chi connectivity index (χ0v) is 14.0. The minimum atomic E-state index is -4.22. The molecule has 9 heteroatoms. The van der Waals surface area contributed by atoms with E-state index in [0.29, 0.717) is 37.6 Å². The number of morpholine rings is 1. The molecule has 2 rings (SSSR count). The highest BCUT2D eigenvalue weighted by atomic mass is 19.4. The largest absolute Gasteiger partial charge is 0.390 e. The van der Waals surface area contributed by atoms with Crippen LogP contribution in [0.25, 0.3) is 0 Å². The summed E-state index contributed by atoms with van der Waals surface area (Å²) in [6, 6.07) is 4.90. The Bertz CT molecular complexity index is 586. The Kier molecular flexibility index (Phi) is 6.86. The highest BCUT2D eigenvalue weighted by Gasteiger charge is 2.26. The first-order valence-corrected chi connectivity index (χ1v) is 8.01. The van der Waals surface area contributed by atoms with Gasteiger partial charge in [-0.25, -0.2) is 4.39 Å². The van der Waals surface area contributed by atoms with Crippen LogP contribution in [0.1, 0.15) is 12.0 Å². The SMILES string of the molecule is CN=C(NCCC(F)(F)F)NCc1ccc(N2CCOCC2)c(F)c1. The quantitative estimate of drug-likeness (QED) is 0.479. The van der Waals surface area contributed by atoms with Gasteiger partial charge in [0, 0.05) is 33.2 Å². The van der Waals surface area contributed by atoms with Crippen LogP contribution >= 0.6 is 0 Å². The standard InChI is InChI=1S/C16H22F4N4O/c1-21-15(22-5-4-16(18,19)20)23-11-12-2-3-14(13(17)10-12)24-6-8-25-9-7-24/h2-3,10H,4-9,11H2,1H3,(H2,21,22,23). The Balaban J connectivity index is 1.86. The Morgan fingerprint density at radius 3 is 2.56 bits per heavy atom. The van der Waals surface area contributed by atoms with Crippen LogP contribution in [0.15, 0.2) is 23.2 Å². The normalized spacial score (nSPS) is 16.0. The Hall–Kier alpha value is -2.03. The van der Waals surface area contributed by atoms with Gasteiger partial charge in [-0.15, -0.1) is 0 Å². The lowest BCUT2D eigenvalue weighted by molar-refractivity contribution is -0.132. The molecule has 0 spiro atoms. The smallest absolute Gasteiger partial charge is 0.378 e. The van der Waals surface area contributed by atoms with Gasteiger partial charge in [0.2, 0.25) is 0 Å². The van der Waals surface area contributed by atoms with Crippen LogP contribution in [0.5, 0.6) is 0 Å². The number of nitrogens with zero attached hydrogens (tertiary/aromatic N) is 2. The van der Waals surface area contributed by atoms with Crippen molar-refractivity contribution in [2.45, 2.75) is 19.1 Å². The van der Waals surface area contributed by atoms with Gasteiger partial charge >= 0.3 is 6.18 Å². The maximum Gasteiger partial charge on any atom is 0.390 e. The maximum absolute atomic E-state index is 14.3. The fourth-order valence-electron chi connectivity index (χ4n) is 2.45. The summed E-state index contributed by atoms with van der Waals surface area (Å²) in [5.41, 5.74) is 1.20. The Labute approximate surface area is 144 Å². The maximum atomic E-state index is 14.3. The molecular formula is C16H22F4N4O. The molecule has 25 heavy (non-hydrogen) atoms. The number of hydrogen-bond donors (Lipinski definition) is 2. The first-order valence-electron chi connectivity index (χ1n) is 8.01. The molecule has 140 valence electrons. The number of aliphatic imine (C=N–C) groups is 1. The highest BCUT2D eigenvalue weighted by molar-refractivity contribution is 5.79. The molecule has 0 aliphatic carbocycles. The molecule has 0 aromatic heterocycles. The monoisotopic (exact) mass is 362 g/mol. The zero-order chi connectivity index (χ0) is 18.3. The van der Waals surface area contributed by atoms with E-state index in [9.17, 15) is 17.6 Å².